The van der Waals surface area contributed by atoms with Crippen molar-refractivity contribution < 1.29 is 0 Å². The van der Waals surface area contributed by atoms with E-state index in [1.54, 1.807) is 0 Å². The summed E-state index contributed by atoms with van der Waals surface area (Å²) in [6, 6.07) is 78.3. The molecule has 54 heavy (non-hydrogen) atoms. The van der Waals surface area contributed by atoms with Crippen molar-refractivity contribution in [3.63, 3.8) is 0 Å². The predicted octanol–water partition coefficient (Wildman–Crippen LogP) is 14.0. The summed E-state index contributed by atoms with van der Waals surface area (Å²) in [5.74, 6) is 0. The van der Waals surface area contributed by atoms with Crippen molar-refractivity contribution in [3.8, 4) is 44.5 Å². The van der Waals surface area contributed by atoms with Gasteiger partial charge in [0.15, 0.2) is 0 Å². The van der Waals surface area contributed by atoms with Crippen molar-refractivity contribution in [2.24, 2.45) is 0 Å². The third-order valence-electron chi connectivity index (χ3n) is 11.7. The topological polar surface area (TPSA) is 3.24 Å². The zero-order valence-corrected chi connectivity index (χ0v) is 29.7. The van der Waals surface area contributed by atoms with Crippen LogP contribution in [0.1, 0.15) is 22.3 Å². The summed E-state index contributed by atoms with van der Waals surface area (Å²) in [4.78, 5) is 2.48. The van der Waals surface area contributed by atoms with Gasteiger partial charge in [0.2, 0.25) is 0 Å². The summed E-state index contributed by atoms with van der Waals surface area (Å²) in [5, 5.41) is 2.51. The maximum absolute atomic E-state index is 2.48. The first kappa shape index (κ1) is 30.6. The van der Waals surface area contributed by atoms with E-state index in [1.165, 1.54) is 83.2 Å². The molecule has 0 atom stereocenters. The second-order valence-corrected chi connectivity index (χ2v) is 14.4. The molecule has 0 aliphatic heterocycles. The van der Waals surface area contributed by atoms with Crippen LogP contribution in [0.4, 0.5) is 17.1 Å². The highest BCUT2D eigenvalue weighted by Crippen LogP contribution is 2.65. The van der Waals surface area contributed by atoms with Crippen LogP contribution in [-0.4, -0.2) is 0 Å². The van der Waals surface area contributed by atoms with E-state index in [0.29, 0.717) is 0 Å². The average Bonchev–Trinajstić information content (AvgIpc) is 3.72. The predicted molar refractivity (Wildman–Crippen MR) is 226 cm³/mol. The van der Waals surface area contributed by atoms with Gasteiger partial charge in [-0.05, 0) is 108 Å². The Balaban J connectivity index is 1.15. The van der Waals surface area contributed by atoms with Gasteiger partial charge in [-0.1, -0.05) is 176 Å². The van der Waals surface area contributed by atoms with Crippen LogP contribution < -0.4 is 4.90 Å². The van der Waals surface area contributed by atoms with E-state index in [1.807, 2.05) is 0 Å². The molecule has 0 saturated heterocycles. The molecule has 9 aromatic rings. The van der Waals surface area contributed by atoms with Crippen molar-refractivity contribution >= 4 is 27.8 Å². The Kier molecular flexibility index (Phi) is 6.84. The molecule has 0 saturated carbocycles. The number of hydrogen-bond acceptors (Lipinski definition) is 1. The van der Waals surface area contributed by atoms with Crippen molar-refractivity contribution in [1.82, 2.24) is 0 Å². The van der Waals surface area contributed by atoms with Gasteiger partial charge in [0, 0.05) is 16.9 Å². The molecule has 1 heteroatoms. The summed E-state index contributed by atoms with van der Waals surface area (Å²) < 4.78 is 0. The number of benzene rings is 9. The first-order chi connectivity index (χ1) is 26.8. The first-order valence-corrected chi connectivity index (χ1v) is 18.8. The van der Waals surface area contributed by atoms with Gasteiger partial charge >= 0.3 is 0 Å². The van der Waals surface area contributed by atoms with Gasteiger partial charge in [0.25, 0.3) is 0 Å². The van der Waals surface area contributed by atoms with Crippen LogP contribution in [0.15, 0.2) is 212 Å². The molecule has 11 rings (SSSR count). The van der Waals surface area contributed by atoms with E-state index in [4.69, 9.17) is 0 Å². The van der Waals surface area contributed by atoms with Crippen molar-refractivity contribution in [2.75, 3.05) is 4.90 Å². The lowest BCUT2D eigenvalue weighted by molar-refractivity contribution is 0.793. The quantitative estimate of drug-likeness (QED) is 0.174. The molecule has 0 N–H and O–H groups in total. The minimum Gasteiger partial charge on any atom is -0.310 e. The fourth-order valence-electron chi connectivity index (χ4n) is 9.35. The monoisotopic (exact) mass is 685 g/mol. The van der Waals surface area contributed by atoms with E-state index in [9.17, 15) is 0 Å². The normalized spacial score (nSPS) is 13.0. The Bertz CT molecular complexity index is 2800. The van der Waals surface area contributed by atoms with Crippen LogP contribution in [-0.2, 0) is 5.41 Å². The van der Waals surface area contributed by atoms with Gasteiger partial charge in [0.05, 0.1) is 11.1 Å². The second kappa shape index (κ2) is 12.0. The Morgan fingerprint density at radius 1 is 0.296 bits per heavy atom. The maximum Gasteiger partial charge on any atom is 0.0746 e. The molecule has 0 fully saturated rings. The fourth-order valence-corrected chi connectivity index (χ4v) is 9.35. The van der Waals surface area contributed by atoms with Crippen LogP contribution in [0, 0.1) is 0 Å². The second-order valence-electron chi connectivity index (χ2n) is 14.4. The lowest BCUT2D eigenvalue weighted by Gasteiger charge is -2.36. The van der Waals surface area contributed by atoms with Crippen molar-refractivity contribution in [2.45, 2.75) is 5.41 Å². The third-order valence-corrected chi connectivity index (χ3v) is 11.7. The lowest BCUT2D eigenvalue weighted by Crippen LogP contribution is -2.28. The van der Waals surface area contributed by atoms with Crippen LogP contribution in [0.25, 0.3) is 55.3 Å². The van der Waals surface area contributed by atoms with Gasteiger partial charge in [-0.25, -0.2) is 0 Å². The van der Waals surface area contributed by atoms with Gasteiger partial charge in [-0.3, -0.25) is 0 Å². The Labute approximate surface area is 316 Å². The van der Waals surface area contributed by atoms with E-state index < -0.39 is 5.41 Å². The minimum atomic E-state index is -0.469. The molecule has 2 aliphatic rings. The Morgan fingerprint density at radius 3 is 1.35 bits per heavy atom. The summed E-state index contributed by atoms with van der Waals surface area (Å²) in [6.07, 6.45) is 0. The SMILES string of the molecule is c1ccc(-c2ccc(N(c3ccc(-c4ccc5ccccc5c4)cc3)c3cccc4c3C3(c5ccccc5-c5ccccc53)c3ccccc3-4)cc2)cc1. The third kappa shape index (κ3) is 4.45. The van der Waals surface area contributed by atoms with Crippen LogP contribution in [0.2, 0.25) is 0 Å². The molecule has 0 bridgehead atoms. The summed E-state index contributed by atoms with van der Waals surface area (Å²) >= 11 is 0. The highest BCUT2D eigenvalue weighted by atomic mass is 15.1. The summed E-state index contributed by atoms with van der Waals surface area (Å²) in [6.45, 7) is 0. The zero-order chi connectivity index (χ0) is 35.6. The molecular formula is C53H35N. The molecule has 1 spiro atoms. The van der Waals surface area contributed by atoms with Crippen LogP contribution in [0.5, 0.6) is 0 Å². The number of rotatable bonds is 5. The molecule has 0 heterocycles. The molecule has 0 unspecified atom stereocenters. The van der Waals surface area contributed by atoms with E-state index in [2.05, 4.69) is 217 Å². The van der Waals surface area contributed by atoms with Crippen LogP contribution >= 0.6 is 0 Å². The summed E-state index contributed by atoms with van der Waals surface area (Å²) in [5.41, 5.74) is 18.3. The molecule has 0 radical (unpaired) electrons. The van der Waals surface area contributed by atoms with Gasteiger partial charge in [-0.15, -0.1) is 0 Å². The van der Waals surface area contributed by atoms with Crippen molar-refractivity contribution in [1.29, 1.82) is 0 Å². The highest BCUT2D eigenvalue weighted by Gasteiger charge is 2.53. The highest BCUT2D eigenvalue weighted by molar-refractivity contribution is 6.00. The van der Waals surface area contributed by atoms with Gasteiger partial charge < -0.3 is 4.90 Å². The van der Waals surface area contributed by atoms with Gasteiger partial charge in [-0.2, -0.15) is 0 Å². The van der Waals surface area contributed by atoms with Crippen LogP contribution in [0.3, 0.4) is 0 Å². The number of fused-ring (bicyclic) bond motifs is 11. The zero-order valence-electron chi connectivity index (χ0n) is 29.7. The number of anilines is 3. The molecule has 0 aromatic heterocycles. The molecule has 0 amide bonds. The Hall–Kier alpha value is -6.96. The molecule has 252 valence electrons. The molecule has 2 aliphatic carbocycles. The van der Waals surface area contributed by atoms with E-state index in [-0.39, 0.29) is 0 Å². The molecule has 1 nitrogen and oxygen atoms in total. The van der Waals surface area contributed by atoms with E-state index >= 15 is 0 Å². The largest absolute Gasteiger partial charge is 0.310 e. The standard InChI is InChI=1S/C53H35N/c1-2-13-36(14-3-1)38-27-31-42(32-28-38)54(43-33-29-39(30-34-43)41-26-25-37-15-4-5-16-40(37)35-41)51-24-12-20-47-46-19-8-11-23-50(46)53(52(47)51)48-21-9-6-17-44(48)45-18-7-10-22-49(45)53/h1-35H. The fraction of sp³-hybridized carbons (Fsp3) is 0.0189. The Morgan fingerprint density at radius 2 is 0.741 bits per heavy atom. The minimum absolute atomic E-state index is 0.469. The smallest absolute Gasteiger partial charge is 0.0746 e. The van der Waals surface area contributed by atoms with E-state index in [0.717, 1.165) is 11.4 Å². The number of nitrogens with zero attached hydrogens (tertiary/aromatic N) is 1. The molecule has 9 aromatic carbocycles. The number of hydrogen-bond donors (Lipinski definition) is 0. The summed E-state index contributed by atoms with van der Waals surface area (Å²) in [7, 11) is 0. The first-order valence-electron chi connectivity index (χ1n) is 18.8. The molecular weight excluding hydrogens is 651 g/mol. The average molecular weight is 686 g/mol. The van der Waals surface area contributed by atoms with Gasteiger partial charge in [0.1, 0.15) is 0 Å². The maximum atomic E-state index is 2.48. The van der Waals surface area contributed by atoms with Crippen molar-refractivity contribution in [3.05, 3.63) is 235 Å². The lowest BCUT2D eigenvalue weighted by atomic mass is 9.70.